The molecule has 0 saturated carbocycles. The van der Waals surface area contributed by atoms with E-state index in [0.717, 1.165) is 4.47 Å². The summed E-state index contributed by atoms with van der Waals surface area (Å²) in [6, 6.07) is 9.99. The van der Waals surface area contributed by atoms with Crippen LogP contribution in [-0.2, 0) is 15.6 Å². The van der Waals surface area contributed by atoms with E-state index in [4.69, 9.17) is 9.84 Å². The smallest absolute Gasteiger partial charge is 0.128 e. The second-order valence-corrected chi connectivity index (χ2v) is 9.44. The van der Waals surface area contributed by atoms with Crippen LogP contribution in [-0.4, -0.2) is 25.4 Å². The summed E-state index contributed by atoms with van der Waals surface area (Å²) in [6.07, 6.45) is 0. The van der Waals surface area contributed by atoms with Crippen LogP contribution in [0.4, 0.5) is 8.78 Å². The zero-order valence-corrected chi connectivity index (χ0v) is 19.4. The van der Waals surface area contributed by atoms with Crippen LogP contribution in [0.25, 0.3) is 0 Å². The van der Waals surface area contributed by atoms with Crippen LogP contribution in [0.3, 0.4) is 0 Å². The molecule has 0 aliphatic carbocycles. The van der Waals surface area contributed by atoms with E-state index in [1.807, 2.05) is 19.9 Å². The van der Waals surface area contributed by atoms with Gasteiger partial charge in [0.15, 0.2) is 0 Å². The van der Waals surface area contributed by atoms with Crippen LogP contribution in [0, 0.1) is 11.6 Å². The van der Waals surface area contributed by atoms with Crippen molar-refractivity contribution in [3.05, 3.63) is 68.1 Å². The predicted octanol–water partition coefficient (Wildman–Crippen LogP) is 6.37. The Morgan fingerprint density at radius 3 is 1.59 bits per heavy atom. The zero-order valence-electron chi connectivity index (χ0n) is 16.2. The van der Waals surface area contributed by atoms with Crippen molar-refractivity contribution in [2.24, 2.45) is 0 Å². The molecule has 0 amide bonds. The molecule has 2 rings (SSSR count). The molecule has 0 aliphatic rings. The molecule has 0 fully saturated rings. The Labute approximate surface area is 177 Å². The fraction of sp³-hybridized carbons (Fsp3) is 0.429. The predicted molar refractivity (Wildman–Crippen MR) is 113 cm³/mol. The summed E-state index contributed by atoms with van der Waals surface area (Å²) in [5, 5.41) is 9.06. The number of halogens is 4. The van der Waals surface area contributed by atoms with Crippen molar-refractivity contribution in [1.82, 2.24) is 0 Å². The Morgan fingerprint density at radius 1 is 0.852 bits per heavy atom. The second-order valence-electron chi connectivity index (χ2n) is 7.61. The Hall–Kier alpha value is -0.820. The molecule has 1 N–H and O–H groups in total. The van der Waals surface area contributed by atoms with Gasteiger partial charge in [-0.2, -0.15) is 0 Å². The highest BCUT2D eigenvalue weighted by molar-refractivity contribution is 9.10. The van der Waals surface area contributed by atoms with Gasteiger partial charge < -0.3 is 9.84 Å². The van der Waals surface area contributed by atoms with Crippen LogP contribution in [0.15, 0.2) is 45.3 Å². The molecule has 150 valence electrons. The van der Waals surface area contributed by atoms with Crippen LogP contribution >= 0.6 is 31.9 Å². The lowest BCUT2D eigenvalue weighted by atomic mass is 9.85. The summed E-state index contributed by atoms with van der Waals surface area (Å²) in [4.78, 5) is 0. The normalized spacial score (nSPS) is 11.8. The van der Waals surface area contributed by atoms with Crippen LogP contribution < -0.4 is 0 Å². The van der Waals surface area contributed by atoms with E-state index < -0.39 is 5.41 Å². The molecule has 0 saturated heterocycles. The van der Waals surface area contributed by atoms with Gasteiger partial charge in [-0.1, -0.05) is 71.7 Å². The average molecular weight is 508 g/mol. The lowest BCUT2D eigenvalue weighted by Gasteiger charge is -2.24. The monoisotopic (exact) mass is 506 g/mol. The summed E-state index contributed by atoms with van der Waals surface area (Å²) in [6.45, 7) is 7.97. The molecule has 0 spiro atoms. The fourth-order valence-corrected chi connectivity index (χ4v) is 3.27. The molecule has 2 nitrogen and oxygen atoms in total. The van der Waals surface area contributed by atoms with Gasteiger partial charge in [-0.3, -0.25) is 0 Å². The van der Waals surface area contributed by atoms with Crippen molar-refractivity contribution in [3.63, 3.8) is 0 Å². The molecule has 0 aromatic heterocycles. The minimum absolute atomic E-state index is 0.0639. The van der Waals surface area contributed by atoms with Crippen molar-refractivity contribution in [3.8, 4) is 0 Å². The molecule has 0 bridgehead atoms. The number of aliphatic hydroxyl groups is 1. The topological polar surface area (TPSA) is 29.5 Å². The van der Waals surface area contributed by atoms with Gasteiger partial charge in [-0.25, -0.2) is 8.78 Å². The first-order valence-corrected chi connectivity index (χ1v) is 10.0. The average Bonchev–Trinajstić information content (AvgIpc) is 2.54. The van der Waals surface area contributed by atoms with E-state index in [1.54, 1.807) is 39.2 Å². The second kappa shape index (κ2) is 10.1. The molecule has 0 aliphatic heterocycles. The van der Waals surface area contributed by atoms with E-state index in [1.165, 1.54) is 12.1 Å². The highest BCUT2D eigenvalue weighted by Crippen LogP contribution is 2.28. The third-order valence-corrected chi connectivity index (χ3v) is 5.21. The van der Waals surface area contributed by atoms with Crippen LogP contribution in [0.1, 0.15) is 38.8 Å². The molecule has 0 radical (unpaired) electrons. The zero-order chi connectivity index (χ0) is 20.8. The molecule has 0 unspecified atom stereocenters. The lowest BCUT2D eigenvalue weighted by molar-refractivity contribution is 0.144. The van der Waals surface area contributed by atoms with E-state index in [2.05, 4.69) is 31.9 Å². The number of hydrogen-bond donors (Lipinski definition) is 1. The number of methoxy groups -OCH3 is 1. The maximum Gasteiger partial charge on any atom is 0.128 e. The van der Waals surface area contributed by atoms with Gasteiger partial charge >= 0.3 is 0 Å². The van der Waals surface area contributed by atoms with E-state index in [-0.39, 0.29) is 23.7 Å². The number of hydrogen-bond acceptors (Lipinski definition) is 2. The van der Waals surface area contributed by atoms with E-state index >= 15 is 0 Å². The molecule has 6 heteroatoms. The first-order valence-electron chi connectivity index (χ1n) is 8.45. The van der Waals surface area contributed by atoms with Crippen molar-refractivity contribution < 1.29 is 18.6 Å². The standard InChI is InChI=1S/C11H14BrFO.C10H12BrFO/c1-11(2,7-14-3)9-5-4-8(12)6-10(9)13;1-10(2,6-13)8-4-3-7(11)5-9(8)12/h4-6H,7H2,1-3H3;3-5,13H,6H2,1-2H3. The van der Waals surface area contributed by atoms with Gasteiger partial charge in [0.2, 0.25) is 0 Å². The van der Waals surface area contributed by atoms with Gasteiger partial charge in [0, 0.05) is 26.9 Å². The quantitative estimate of drug-likeness (QED) is 0.509. The summed E-state index contributed by atoms with van der Waals surface area (Å²) in [5.41, 5.74) is 0.408. The largest absolute Gasteiger partial charge is 0.395 e. The molecule has 0 heterocycles. The first-order chi connectivity index (χ1) is 12.4. The number of rotatable bonds is 5. The maximum absolute atomic E-state index is 13.6. The Kier molecular flexibility index (Phi) is 9.06. The molecule has 2 aromatic carbocycles. The number of aliphatic hydroxyl groups excluding tert-OH is 1. The van der Waals surface area contributed by atoms with Crippen molar-refractivity contribution in [1.29, 1.82) is 0 Å². The van der Waals surface area contributed by atoms with Crippen LogP contribution in [0.5, 0.6) is 0 Å². The van der Waals surface area contributed by atoms with Gasteiger partial charge in [0.1, 0.15) is 11.6 Å². The highest BCUT2D eigenvalue weighted by Gasteiger charge is 2.24. The SMILES string of the molecule is CC(C)(CO)c1ccc(Br)cc1F.COCC(C)(C)c1ccc(Br)cc1F. The molecule has 27 heavy (non-hydrogen) atoms. The minimum Gasteiger partial charge on any atom is -0.395 e. The van der Waals surface area contributed by atoms with Crippen molar-refractivity contribution in [2.45, 2.75) is 38.5 Å². The fourth-order valence-electron chi connectivity index (χ4n) is 2.60. The van der Waals surface area contributed by atoms with E-state index in [0.29, 0.717) is 22.2 Å². The van der Waals surface area contributed by atoms with Gasteiger partial charge in [-0.05, 0) is 35.4 Å². The van der Waals surface area contributed by atoms with Crippen LogP contribution in [0.2, 0.25) is 0 Å². The summed E-state index contributed by atoms with van der Waals surface area (Å²) in [7, 11) is 1.62. The molecule has 2 aromatic rings. The number of ether oxygens (including phenoxy) is 1. The molecule has 0 atom stereocenters. The maximum atomic E-state index is 13.6. The Bertz CT molecular complexity index is 762. The summed E-state index contributed by atoms with van der Waals surface area (Å²) in [5.74, 6) is -0.477. The minimum atomic E-state index is -0.523. The summed E-state index contributed by atoms with van der Waals surface area (Å²) < 4.78 is 33.5. The first kappa shape index (κ1) is 24.2. The number of benzene rings is 2. The van der Waals surface area contributed by atoms with Gasteiger partial charge in [0.05, 0.1) is 13.2 Å². The van der Waals surface area contributed by atoms with Crippen molar-refractivity contribution in [2.75, 3.05) is 20.3 Å². The van der Waals surface area contributed by atoms with Crippen molar-refractivity contribution >= 4 is 31.9 Å². The third kappa shape index (κ3) is 6.93. The third-order valence-electron chi connectivity index (χ3n) is 4.22. The van der Waals surface area contributed by atoms with E-state index in [9.17, 15) is 8.78 Å². The summed E-state index contributed by atoms with van der Waals surface area (Å²) >= 11 is 6.41. The molecular weight excluding hydrogens is 482 g/mol. The Morgan fingerprint density at radius 2 is 1.26 bits per heavy atom. The van der Waals surface area contributed by atoms with Gasteiger partial charge in [0.25, 0.3) is 0 Å². The Balaban J connectivity index is 0.000000271. The highest BCUT2D eigenvalue weighted by atomic mass is 79.9. The lowest BCUT2D eigenvalue weighted by Crippen LogP contribution is -2.24. The molecular formula is C21H26Br2F2O2. The van der Waals surface area contributed by atoms with Gasteiger partial charge in [-0.15, -0.1) is 0 Å².